The number of aromatic nitrogens is 1. The minimum absolute atomic E-state index is 0.287. The van der Waals surface area contributed by atoms with Gasteiger partial charge in [0.1, 0.15) is 22.7 Å². The first-order valence-electron chi connectivity index (χ1n) is 6.13. The molecule has 0 atom stereocenters. The fraction of sp³-hybridized carbons (Fsp3) is 0. The Morgan fingerprint density at radius 2 is 2.10 bits per heavy atom. The van der Waals surface area contributed by atoms with Gasteiger partial charge in [0.25, 0.3) is 0 Å². The first-order chi connectivity index (χ1) is 10.3. The van der Waals surface area contributed by atoms with Crippen LogP contribution in [0.3, 0.4) is 0 Å². The highest BCUT2D eigenvalue weighted by atomic mass is 32.1. The summed E-state index contributed by atoms with van der Waals surface area (Å²) >= 11 is 1.37. The molecule has 21 heavy (non-hydrogen) atoms. The predicted molar refractivity (Wildman–Crippen MR) is 79.7 cm³/mol. The lowest BCUT2D eigenvalue weighted by Gasteiger charge is -1.95. The van der Waals surface area contributed by atoms with Crippen LogP contribution in [-0.2, 0) is 0 Å². The highest BCUT2D eigenvalue weighted by Crippen LogP contribution is 2.27. The smallest absolute Gasteiger partial charge is 0.134 e. The van der Waals surface area contributed by atoms with E-state index in [1.165, 1.54) is 23.5 Å². The lowest BCUT2D eigenvalue weighted by Crippen LogP contribution is -1.82. The molecule has 3 aromatic rings. The third-order valence-corrected chi connectivity index (χ3v) is 3.70. The Morgan fingerprint density at radius 1 is 1.29 bits per heavy atom. The molecule has 1 aromatic carbocycles. The van der Waals surface area contributed by atoms with Crippen molar-refractivity contribution in [3.8, 4) is 17.3 Å². The minimum Gasteiger partial charge on any atom is -0.465 e. The molecular weight excluding hydrogens is 287 g/mol. The van der Waals surface area contributed by atoms with Crippen molar-refractivity contribution < 1.29 is 8.81 Å². The number of benzene rings is 1. The Kier molecular flexibility index (Phi) is 3.63. The van der Waals surface area contributed by atoms with Gasteiger partial charge >= 0.3 is 0 Å². The summed E-state index contributed by atoms with van der Waals surface area (Å²) in [5, 5.41) is 11.7. The maximum absolute atomic E-state index is 12.9. The standard InChI is InChI=1S/C16H9FN2OS/c17-13-5-3-11(4-6-13)15-10-21-16(19-15)12(9-18)8-14-2-1-7-20-14/h1-8,10H. The molecule has 0 saturated heterocycles. The van der Waals surface area contributed by atoms with E-state index in [4.69, 9.17) is 4.42 Å². The van der Waals surface area contributed by atoms with Crippen molar-refractivity contribution in [2.45, 2.75) is 0 Å². The van der Waals surface area contributed by atoms with E-state index in [9.17, 15) is 9.65 Å². The van der Waals surface area contributed by atoms with Gasteiger partial charge in [-0.2, -0.15) is 5.26 Å². The number of nitriles is 1. The molecule has 3 rings (SSSR count). The van der Waals surface area contributed by atoms with E-state index >= 15 is 0 Å². The van der Waals surface area contributed by atoms with E-state index in [0.717, 1.165) is 11.3 Å². The van der Waals surface area contributed by atoms with Gasteiger partial charge in [-0.25, -0.2) is 9.37 Å². The van der Waals surface area contributed by atoms with Gasteiger partial charge in [-0.3, -0.25) is 0 Å². The number of allylic oxidation sites excluding steroid dienone is 1. The number of nitrogens with zero attached hydrogens (tertiary/aromatic N) is 2. The van der Waals surface area contributed by atoms with Crippen LogP contribution in [0.25, 0.3) is 22.9 Å². The summed E-state index contributed by atoms with van der Waals surface area (Å²) in [6.07, 6.45) is 3.19. The molecule has 0 unspecified atom stereocenters. The quantitative estimate of drug-likeness (QED) is 0.663. The summed E-state index contributed by atoms with van der Waals surface area (Å²) in [5.74, 6) is 0.315. The molecule has 0 amide bonds. The van der Waals surface area contributed by atoms with Gasteiger partial charge < -0.3 is 4.42 Å². The Labute approximate surface area is 124 Å². The van der Waals surface area contributed by atoms with E-state index in [-0.39, 0.29) is 5.82 Å². The fourth-order valence-electron chi connectivity index (χ4n) is 1.81. The zero-order chi connectivity index (χ0) is 14.7. The molecule has 2 aromatic heterocycles. The van der Waals surface area contributed by atoms with Gasteiger partial charge in [0.15, 0.2) is 0 Å². The maximum Gasteiger partial charge on any atom is 0.134 e. The molecule has 0 aliphatic carbocycles. The first kappa shape index (κ1) is 13.3. The molecule has 0 fully saturated rings. The normalized spacial score (nSPS) is 11.3. The first-order valence-corrected chi connectivity index (χ1v) is 7.01. The van der Waals surface area contributed by atoms with Crippen LogP contribution < -0.4 is 0 Å². The number of rotatable bonds is 3. The number of thiazole rings is 1. The summed E-state index contributed by atoms with van der Waals surface area (Å²) in [7, 11) is 0. The Morgan fingerprint density at radius 3 is 2.76 bits per heavy atom. The zero-order valence-electron chi connectivity index (χ0n) is 10.8. The second-order valence-corrected chi connectivity index (χ2v) is 5.09. The maximum atomic E-state index is 12.9. The topological polar surface area (TPSA) is 49.8 Å². The molecule has 5 heteroatoms. The van der Waals surface area contributed by atoms with Gasteiger partial charge in [-0.05, 0) is 36.4 Å². The van der Waals surface area contributed by atoms with Crippen LogP contribution in [0.2, 0.25) is 0 Å². The molecule has 0 aliphatic heterocycles. The molecule has 0 N–H and O–H groups in total. The van der Waals surface area contributed by atoms with Crippen molar-refractivity contribution in [1.82, 2.24) is 4.98 Å². The summed E-state index contributed by atoms with van der Waals surface area (Å²) in [5.41, 5.74) is 1.97. The van der Waals surface area contributed by atoms with Crippen LogP contribution in [0.1, 0.15) is 10.8 Å². The van der Waals surface area contributed by atoms with Gasteiger partial charge in [0.05, 0.1) is 17.5 Å². The number of hydrogen-bond donors (Lipinski definition) is 0. The van der Waals surface area contributed by atoms with Crippen LogP contribution in [0, 0.1) is 17.1 Å². The van der Waals surface area contributed by atoms with Gasteiger partial charge in [0, 0.05) is 17.0 Å². The largest absolute Gasteiger partial charge is 0.465 e. The van der Waals surface area contributed by atoms with Crippen LogP contribution in [0.4, 0.5) is 4.39 Å². The van der Waals surface area contributed by atoms with Crippen molar-refractivity contribution in [3.05, 3.63) is 64.6 Å². The highest BCUT2D eigenvalue weighted by Gasteiger charge is 2.09. The summed E-state index contributed by atoms with van der Waals surface area (Å²) < 4.78 is 18.1. The third kappa shape index (κ3) is 2.91. The van der Waals surface area contributed by atoms with Gasteiger partial charge in [-0.15, -0.1) is 11.3 Å². The number of furan rings is 1. The van der Waals surface area contributed by atoms with Crippen LogP contribution in [-0.4, -0.2) is 4.98 Å². The third-order valence-electron chi connectivity index (χ3n) is 2.82. The lowest BCUT2D eigenvalue weighted by molar-refractivity contribution is 0.557. The summed E-state index contributed by atoms with van der Waals surface area (Å²) in [4.78, 5) is 4.43. The molecule has 3 nitrogen and oxygen atoms in total. The van der Waals surface area contributed by atoms with E-state index in [1.54, 1.807) is 36.6 Å². The average Bonchev–Trinajstić information content (AvgIpc) is 3.17. The molecule has 0 bridgehead atoms. The average molecular weight is 296 g/mol. The van der Waals surface area contributed by atoms with Crippen LogP contribution in [0.15, 0.2) is 52.5 Å². The Hall–Kier alpha value is -2.71. The fourth-order valence-corrected chi connectivity index (χ4v) is 2.60. The van der Waals surface area contributed by atoms with E-state index < -0.39 is 0 Å². The molecule has 2 heterocycles. The molecular formula is C16H9FN2OS. The summed E-state index contributed by atoms with van der Waals surface area (Å²) in [6, 6.07) is 11.7. The SMILES string of the molecule is N#CC(=Cc1ccco1)c1nc(-c2ccc(F)cc2)cs1. The second-order valence-electron chi connectivity index (χ2n) is 4.23. The molecule has 0 aliphatic rings. The van der Waals surface area contributed by atoms with E-state index in [0.29, 0.717) is 16.3 Å². The van der Waals surface area contributed by atoms with Crippen molar-refractivity contribution in [1.29, 1.82) is 5.26 Å². The van der Waals surface area contributed by atoms with E-state index in [1.807, 2.05) is 5.38 Å². The van der Waals surface area contributed by atoms with Crippen LogP contribution in [0.5, 0.6) is 0 Å². The molecule has 0 spiro atoms. The lowest BCUT2D eigenvalue weighted by atomic mass is 10.2. The minimum atomic E-state index is -0.287. The summed E-state index contributed by atoms with van der Waals surface area (Å²) in [6.45, 7) is 0. The van der Waals surface area contributed by atoms with Gasteiger partial charge in [-0.1, -0.05) is 0 Å². The van der Waals surface area contributed by atoms with Crippen molar-refractivity contribution in [2.75, 3.05) is 0 Å². The Balaban J connectivity index is 1.94. The molecule has 0 radical (unpaired) electrons. The number of halogens is 1. The van der Waals surface area contributed by atoms with E-state index in [2.05, 4.69) is 11.1 Å². The van der Waals surface area contributed by atoms with Crippen molar-refractivity contribution >= 4 is 23.0 Å². The predicted octanol–water partition coefficient (Wildman–Crippen LogP) is 4.61. The molecule has 0 saturated carbocycles. The highest BCUT2D eigenvalue weighted by molar-refractivity contribution is 7.11. The van der Waals surface area contributed by atoms with Crippen molar-refractivity contribution in [2.24, 2.45) is 0 Å². The second kappa shape index (κ2) is 5.73. The van der Waals surface area contributed by atoms with Crippen molar-refractivity contribution in [3.63, 3.8) is 0 Å². The molecule has 102 valence electrons. The Bertz CT molecular complexity index is 811. The van der Waals surface area contributed by atoms with Crippen LogP contribution >= 0.6 is 11.3 Å². The zero-order valence-corrected chi connectivity index (χ0v) is 11.6. The monoisotopic (exact) mass is 296 g/mol. The number of hydrogen-bond acceptors (Lipinski definition) is 4. The van der Waals surface area contributed by atoms with Gasteiger partial charge in [0.2, 0.25) is 0 Å².